The highest BCUT2D eigenvalue weighted by atomic mass is 32.2. The molecule has 0 saturated carbocycles. The summed E-state index contributed by atoms with van der Waals surface area (Å²) < 4.78 is 27.9. The Hall–Kier alpha value is -3.23. The molecule has 2 fully saturated rings. The number of fused-ring (bicyclic) bond motifs is 2. The SMILES string of the molecule is O=C1N[C@@H](Cc2ccccc2)C(=O)N2CCN(S(=O)(=O)c3ccc4ccccc4c3)C[C@H]12. The molecule has 2 aliphatic rings. The summed E-state index contributed by atoms with van der Waals surface area (Å²) in [7, 11) is -3.79. The van der Waals surface area contributed by atoms with E-state index in [0.29, 0.717) is 6.42 Å². The molecule has 0 aliphatic carbocycles. The Morgan fingerprint density at radius 3 is 2.38 bits per heavy atom. The summed E-state index contributed by atoms with van der Waals surface area (Å²) in [6, 6.07) is 20.6. The van der Waals surface area contributed by atoms with Crippen molar-refractivity contribution in [3.05, 3.63) is 78.4 Å². The molecule has 7 nitrogen and oxygen atoms in total. The molecule has 2 amide bonds. The van der Waals surface area contributed by atoms with Crippen molar-refractivity contribution >= 4 is 32.6 Å². The molecular weight excluding hydrogens is 426 g/mol. The lowest BCUT2D eigenvalue weighted by Gasteiger charge is -2.44. The van der Waals surface area contributed by atoms with E-state index in [-0.39, 0.29) is 36.3 Å². The Balaban J connectivity index is 1.35. The highest BCUT2D eigenvalue weighted by Crippen LogP contribution is 2.26. The standard InChI is InChI=1S/C24H23N3O4S/c28-23-22-16-26(32(30,31)20-11-10-18-8-4-5-9-19(18)15-20)12-13-27(22)24(29)21(25-23)14-17-6-2-1-3-7-17/h1-11,15,21-22H,12-14,16H2,(H,25,28)/t21-,22+/m0/s1. The van der Waals surface area contributed by atoms with Crippen molar-refractivity contribution in [3.8, 4) is 0 Å². The number of sulfonamides is 1. The van der Waals surface area contributed by atoms with Crippen LogP contribution in [0.15, 0.2) is 77.7 Å². The van der Waals surface area contributed by atoms with Crippen molar-refractivity contribution in [2.75, 3.05) is 19.6 Å². The van der Waals surface area contributed by atoms with Crippen molar-refractivity contribution in [1.29, 1.82) is 0 Å². The summed E-state index contributed by atoms with van der Waals surface area (Å²) in [5.74, 6) is -0.481. The molecule has 32 heavy (non-hydrogen) atoms. The predicted octanol–water partition coefficient (Wildman–Crippen LogP) is 1.78. The highest BCUT2D eigenvalue weighted by molar-refractivity contribution is 7.89. The molecule has 164 valence electrons. The van der Waals surface area contributed by atoms with Crippen LogP contribution < -0.4 is 5.32 Å². The molecule has 2 atom stereocenters. The maximum Gasteiger partial charge on any atom is 0.246 e. The zero-order valence-electron chi connectivity index (χ0n) is 17.3. The Kier molecular flexibility index (Phi) is 5.19. The summed E-state index contributed by atoms with van der Waals surface area (Å²) in [6.45, 7) is 0.294. The Labute approximate surface area is 186 Å². The van der Waals surface area contributed by atoms with Crippen LogP contribution in [0.25, 0.3) is 10.8 Å². The lowest BCUT2D eigenvalue weighted by atomic mass is 9.99. The van der Waals surface area contributed by atoms with E-state index in [4.69, 9.17) is 0 Å². The van der Waals surface area contributed by atoms with Gasteiger partial charge < -0.3 is 10.2 Å². The second-order valence-electron chi connectivity index (χ2n) is 8.17. The quantitative estimate of drug-likeness (QED) is 0.658. The second-order valence-corrected chi connectivity index (χ2v) is 10.1. The van der Waals surface area contributed by atoms with Crippen LogP contribution in [-0.2, 0) is 26.0 Å². The highest BCUT2D eigenvalue weighted by Gasteiger charge is 2.45. The molecule has 0 bridgehead atoms. The van der Waals surface area contributed by atoms with Crippen molar-refractivity contribution in [3.63, 3.8) is 0 Å². The van der Waals surface area contributed by atoms with Crippen LogP contribution in [0.1, 0.15) is 5.56 Å². The maximum atomic E-state index is 13.3. The Morgan fingerprint density at radius 2 is 1.59 bits per heavy atom. The van der Waals surface area contributed by atoms with Crippen LogP contribution >= 0.6 is 0 Å². The normalized spacial score (nSPS) is 21.9. The lowest BCUT2D eigenvalue weighted by Crippen LogP contribution is -2.69. The number of piperazine rings is 2. The average molecular weight is 450 g/mol. The van der Waals surface area contributed by atoms with E-state index in [0.717, 1.165) is 16.3 Å². The summed E-state index contributed by atoms with van der Waals surface area (Å²) in [6.07, 6.45) is 0.410. The molecule has 1 N–H and O–H groups in total. The largest absolute Gasteiger partial charge is 0.342 e. The monoisotopic (exact) mass is 449 g/mol. The molecule has 0 spiro atoms. The van der Waals surface area contributed by atoms with Gasteiger partial charge in [-0.3, -0.25) is 9.59 Å². The zero-order valence-corrected chi connectivity index (χ0v) is 18.2. The number of carbonyl (C=O) groups is 2. The minimum absolute atomic E-state index is 0.0508. The second kappa shape index (κ2) is 8.03. The first kappa shape index (κ1) is 20.7. The molecule has 3 aromatic carbocycles. The van der Waals surface area contributed by atoms with E-state index in [1.165, 1.54) is 9.21 Å². The fourth-order valence-electron chi connectivity index (χ4n) is 4.46. The summed E-state index contributed by atoms with van der Waals surface area (Å²) in [4.78, 5) is 27.6. The number of hydrogen-bond donors (Lipinski definition) is 1. The van der Waals surface area contributed by atoms with Gasteiger partial charge in [0.15, 0.2) is 0 Å². The Bertz CT molecular complexity index is 1290. The third kappa shape index (κ3) is 3.65. The number of nitrogens with one attached hydrogen (secondary N) is 1. The van der Waals surface area contributed by atoms with Crippen molar-refractivity contribution in [1.82, 2.24) is 14.5 Å². The van der Waals surface area contributed by atoms with Crippen LogP contribution in [0.5, 0.6) is 0 Å². The topological polar surface area (TPSA) is 86.8 Å². The first-order chi connectivity index (χ1) is 15.4. The van der Waals surface area contributed by atoms with Gasteiger partial charge >= 0.3 is 0 Å². The lowest BCUT2D eigenvalue weighted by molar-refractivity contribution is -0.151. The van der Waals surface area contributed by atoms with Crippen LogP contribution in [0.4, 0.5) is 0 Å². The minimum atomic E-state index is -3.79. The summed E-state index contributed by atoms with van der Waals surface area (Å²) in [5.41, 5.74) is 0.960. The number of hydrogen-bond acceptors (Lipinski definition) is 4. The van der Waals surface area contributed by atoms with Gasteiger partial charge in [-0.05, 0) is 28.5 Å². The minimum Gasteiger partial charge on any atom is -0.342 e. The number of rotatable bonds is 4. The van der Waals surface area contributed by atoms with Crippen LogP contribution in [0.2, 0.25) is 0 Å². The smallest absolute Gasteiger partial charge is 0.246 e. The molecule has 8 heteroatoms. The van der Waals surface area contributed by atoms with E-state index >= 15 is 0 Å². The maximum absolute atomic E-state index is 13.3. The summed E-state index contributed by atoms with van der Waals surface area (Å²) >= 11 is 0. The van der Waals surface area contributed by atoms with Crippen molar-refractivity contribution < 1.29 is 18.0 Å². The van der Waals surface area contributed by atoms with Gasteiger partial charge in [0.25, 0.3) is 0 Å². The van der Waals surface area contributed by atoms with Gasteiger partial charge in [-0.25, -0.2) is 8.42 Å². The fraction of sp³-hybridized carbons (Fsp3) is 0.250. The molecule has 0 radical (unpaired) electrons. The van der Waals surface area contributed by atoms with Gasteiger partial charge in [0.05, 0.1) is 4.90 Å². The van der Waals surface area contributed by atoms with Gasteiger partial charge in [0.1, 0.15) is 12.1 Å². The van der Waals surface area contributed by atoms with Crippen molar-refractivity contribution in [2.45, 2.75) is 23.4 Å². The molecule has 2 heterocycles. The molecular formula is C24H23N3O4S. The first-order valence-corrected chi connectivity index (χ1v) is 12.0. The molecule has 5 rings (SSSR count). The zero-order chi connectivity index (χ0) is 22.3. The van der Waals surface area contributed by atoms with Gasteiger partial charge in [0, 0.05) is 26.1 Å². The molecule has 3 aromatic rings. The fourth-order valence-corrected chi connectivity index (χ4v) is 5.93. The van der Waals surface area contributed by atoms with E-state index < -0.39 is 22.1 Å². The Morgan fingerprint density at radius 1 is 0.875 bits per heavy atom. The third-order valence-corrected chi connectivity index (χ3v) is 8.05. The van der Waals surface area contributed by atoms with Gasteiger partial charge in [-0.2, -0.15) is 4.31 Å². The van der Waals surface area contributed by atoms with Gasteiger partial charge in [0.2, 0.25) is 21.8 Å². The van der Waals surface area contributed by atoms with Crippen LogP contribution in [0.3, 0.4) is 0 Å². The van der Waals surface area contributed by atoms with E-state index in [2.05, 4.69) is 5.32 Å². The average Bonchev–Trinajstić information content (AvgIpc) is 2.82. The number of benzene rings is 3. The number of carbonyl (C=O) groups excluding carboxylic acids is 2. The molecule has 2 saturated heterocycles. The molecule has 2 aliphatic heterocycles. The van der Waals surface area contributed by atoms with E-state index in [1.54, 1.807) is 18.2 Å². The van der Waals surface area contributed by atoms with Crippen LogP contribution in [0, 0.1) is 0 Å². The van der Waals surface area contributed by atoms with Gasteiger partial charge in [-0.1, -0.05) is 60.7 Å². The first-order valence-electron chi connectivity index (χ1n) is 10.6. The number of amides is 2. The molecule has 0 unspecified atom stereocenters. The summed E-state index contributed by atoms with van der Waals surface area (Å²) in [5, 5.41) is 4.59. The van der Waals surface area contributed by atoms with E-state index in [9.17, 15) is 18.0 Å². The predicted molar refractivity (Wildman–Crippen MR) is 120 cm³/mol. The molecule has 0 aromatic heterocycles. The third-order valence-electron chi connectivity index (χ3n) is 6.18. The van der Waals surface area contributed by atoms with E-state index in [1.807, 2.05) is 54.6 Å². The van der Waals surface area contributed by atoms with Gasteiger partial charge in [-0.15, -0.1) is 0 Å². The van der Waals surface area contributed by atoms with Crippen molar-refractivity contribution in [2.24, 2.45) is 0 Å². The van der Waals surface area contributed by atoms with Crippen LogP contribution in [-0.4, -0.2) is 61.2 Å². The number of nitrogens with zero attached hydrogens (tertiary/aromatic N) is 2.